The smallest absolute Gasteiger partial charge is 0.300 e. The molecule has 0 saturated carbocycles. The van der Waals surface area contributed by atoms with Gasteiger partial charge in [0.15, 0.2) is 5.58 Å². The zero-order chi connectivity index (χ0) is 9.68. The molecule has 1 N–H and O–H groups in total. The maximum atomic E-state index is 9.00. The summed E-state index contributed by atoms with van der Waals surface area (Å²) < 4.78 is 4.87. The number of carboxylic acid groups (broad SMARTS) is 1. The van der Waals surface area contributed by atoms with Crippen molar-refractivity contribution in [3.8, 4) is 0 Å². The predicted octanol–water partition coefficient (Wildman–Crippen LogP) is 1.92. The molecule has 4 heteroatoms. The van der Waals surface area contributed by atoms with Gasteiger partial charge in [-0.05, 0) is 12.1 Å². The Morgan fingerprint density at radius 1 is 1.46 bits per heavy atom. The lowest BCUT2D eigenvalue weighted by Gasteiger charge is -1.78. The Balaban J connectivity index is 0.000000184. The summed E-state index contributed by atoms with van der Waals surface area (Å²) in [5.74, 6) is -0.833. The highest BCUT2D eigenvalue weighted by Crippen LogP contribution is 2.10. The molecule has 0 atom stereocenters. The van der Waals surface area contributed by atoms with Gasteiger partial charge in [-0.2, -0.15) is 0 Å². The Morgan fingerprint density at radius 2 is 2.08 bits per heavy atom. The van der Waals surface area contributed by atoms with Crippen LogP contribution in [0.25, 0.3) is 11.0 Å². The van der Waals surface area contributed by atoms with Crippen LogP contribution in [0.3, 0.4) is 0 Å². The Bertz CT molecular complexity index is 360. The van der Waals surface area contributed by atoms with E-state index in [4.69, 9.17) is 14.4 Å². The van der Waals surface area contributed by atoms with E-state index in [-0.39, 0.29) is 0 Å². The molecule has 0 amide bonds. The fraction of sp³-hybridized carbons (Fsp3) is 0.111. The van der Waals surface area contributed by atoms with E-state index in [2.05, 4.69) is 5.16 Å². The molecule has 0 aliphatic heterocycles. The number of hydrogen-bond acceptors (Lipinski definition) is 3. The summed E-state index contributed by atoms with van der Waals surface area (Å²) >= 11 is 0. The number of carboxylic acids is 1. The van der Waals surface area contributed by atoms with Crippen molar-refractivity contribution in [1.82, 2.24) is 5.16 Å². The van der Waals surface area contributed by atoms with Crippen molar-refractivity contribution in [3.05, 3.63) is 30.5 Å². The molecule has 68 valence electrons. The highest BCUT2D eigenvalue weighted by molar-refractivity contribution is 5.75. The molecule has 0 radical (unpaired) electrons. The molecular formula is C9H9NO3. The van der Waals surface area contributed by atoms with E-state index in [1.54, 1.807) is 6.20 Å². The van der Waals surface area contributed by atoms with Crippen molar-refractivity contribution < 1.29 is 14.4 Å². The SMILES string of the molecule is CC(=O)O.c1ccc2oncc2c1. The van der Waals surface area contributed by atoms with Gasteiger partial charge in [0.05, 0.1) is 6.20 Å². The highest BCUT2D eigenvalue weighted by atomic mass is 16.5. The number of carbonyl (C=O) groups is 1. The van der Waals surface area contributed by atoms with Gasteiger partial charge in [-0.25, -0.2) is 0 Å². The Morgan fingerprint density at radius 3 is 2.69 bits per heavy atom. The molecule has 4 nitrogen and oxygen atoms in total. The van der Waals surface area contributed by atoms with Crippen molar-refractivity contribution in [1.29, 1.82) is 0 Å². The highest BCUT2D eigenvalue weighted by Gasteiger charge is 1.91. The first-order valence-corrected chi connectivity index (χ1v) is 3.69. The van der Waals surface area contributed by atoms with E-state index < -0.39 is 5.97 Å². The van der Waals surface area contributed by atoms with E-state index in [0.717, 1.165) is 17.9 Å². The lowest BCUT2D eigenvalue weighted by molar-refractivity contribution is -0.134. The summed E-state index contributed by atoms with van der Waals surface area (Å²) in [6.07, 6.45) is 1.70. The third-order valence-corrected chi connectivity index (χ3v) is 1.26. The molecule has 0 saturated heterocycles. The number of rotatable bonds is 0. The van der Waals surface area contributed by atoms with E-state index in [9.17, 15) is 0 Å². The van der Waals surface area contributed by atoms with E-state index in [1.807, 2.05) is 24.3 Å². The zero-order valence-corrected chi connectivity index (χ0v) is 7.10. The molecule has 1 aromatic carbocycles. The second-order valence-electron chi connectivity index (χ2n) is 2.38. The summed E-state index contributed by atoms with van der Waals surface area (Å²) in [7, 11) is 0. The average Bonchev–Trinajstić information content (AvgIpc) is 2.49. The average molecular weight is 179 g/mol. The van der Waals surface area contributed by atoms with Gasteiger partial charge in [0, 0.05) is 12.3 Å². The summed E-state index contributed by atoms with van der Waals surface area (Å²) in [6.45, 7) is 1.08. The van der Waals surface area contributed by atoms with Gasteiger partial charge in [-0.3, -0.25) is 4.79 Å². The van der Waals surface area contributed by atoms with Crippen LogP contribution in [0.2, 0.25) is 0 Å². The molecule has 2 rings (SSSR count). The first kappa shape index (κ1) is 9.25. The largest absolute Gasteiger partial charge is 0.481 e. The van der Waals surface area contributed by atoms with Gasteiger partial charge in [-0.15, -0.1) is 0 Å². The normalized spacial score (nSPS) is 9.00. The van der Waals surface area contributed by atoms with Gasteiger partial charge in [-0.1, -0.05) is 17.3 Å². The van der Waals surface area contributed by atoms with Crippen molar-refractivity contribution in [2.45, 2.75) is 6.92 Å². The fourth-order valence-electron chi connectivity index (χ4n) is 0.810. The number of para-hydroxylation sites is 1. The monoisotopic (exact) mass is 179 g/mol. The van der Waals surface area contributed by atoms with Crippen LogP contribution in [0.5, 0.6) is 0 Å². The second-order valence-corrected chi connectivity index (χ2v) is 2.38. The first-order chi connectivity index (χ1) is 6.20. The van der Waals surface area contributed by atoms with Crippen LogP contribution < -0.4 is 0 Å². The predicted molar refractivity (Wildman–Crippen MR) is 47.3 cm³/mol. The van der Waals surface area contributed by atoms with Crippen LogP contribution in [0.4, 0.5) is 0 Å². The van der Waals surface area contributed by atoms with E-state index in [0.29, 0.717) is 0 Å². The summed E-state index contributed by atoms with van der Waals surface area (Å²) in [4.78, 5) is 9.00. The number of benzene rings is 1. The molecule has 13 heavy (non-hydrogen) atoms. The van der Waals surface area contributed by atoms with Crippen LogP contribution in [-0.4, -0.2) is 16.2 Å². The molecular weight excluding hydrogens is 170 g/mol. The van der Waals surface area contributed by atoms with E-state index in [1.165, 1.54) is 0 Å². The first-order valence-electron chi connectivity index (χ1n) is 3.69. The third-order valence-electron chi connectivity index (χ3n) is 1.26. The minimum atomic E-state index is -0.833. The minimum Gasteiger partial charge on any atom is -0.481 e. The summed E-state index contributed by atoms with van der Waals surface area (Å²) in [6, 6.07) is 7.74. The maximum absolute atomic E-state index is 9.00. The third kappa shape index (κ3) is 2.94. The van der Waals surface area contributed by atoms with Crippen molar-refractivity contribution in [2.75, 3.05) is 0 Å². The second kappa shape index (κ2) is 4.25. The van der Waals surface area contributed by atoms with Gasteiger partial charge < -0.3 is 9.63 Å². The van der Waals surface area contributed by atoms with Gasteiger partial charge >= 0.3 is 0 Å². The summed E-state index contributed by atoms with van der Waals surface area (Å²) in [5, 5.41) is 12.1. The van der Waals surface area contributed by atoms with Crippen molar-refractivity contribution in [3.63, 3.8) is 0 Å². The zero-order valence-electron chi connectivity index (χ0n) is 7.10. The Kier molecular flexibility index (Phi) is 3.03. The van der Waals surface area contributed by atoms with E-state index >= 15 is 0 Å². The van der Waals surface area contributed by atoms with Gasteiger partial charge in [0.2, 0.25) is 0 Å². The van der Waals surface area contributed by atoms with Crippen LogP contribution >= 0.6 is 0 Å². The standard InChI is InChI=1S/C7H5NO.C2H4O2/c1-2-4-7-6(3-1)5-8-9-7;1-2(3)4/h1-5H;1H3,(H,3,4). The molecule has 0 fully saturated rings. The maximum Gasteiger partial charge on any atom is 0.300 e. The van der Waals surface area contributed by atoms with Crippen molar-refractivity contribution >= 4 is 16.9 Å². The molecule has 2 aromatic rings. The van der Waals surface area contributed by atoms with Gasteiger partial charge in [0.1, 0.15) is 0 Å². The minimum absolute atomic E-state index is 0.833. The topological polar surface area (TPSA) is 63.3 Å². The summed E-state index contributed by atoms with van der Waals surface area (Å²) in [5.41, 5.74) is 0.845. The molecule has 1 heterocycles. The fourth-order valence-corrected chi connectivity index (χ4v) is 0.810. The van der Waals surface area contributed by atoms with Crippen LogP contribution in [0, 0.1) is 0 Å². The Labute approximate surface area is 74.8 Å². The van der Waals surface area contributed by atoms with Gasteiger partial charge in [0.25, 0.3) is 5.97 Å². The Hall–Kier alpha value is -1.84. The molecule has 0 bridgehead atoms. The number of fused-ring (bicyclic) bond motifs is 1. The van der Waals surface area contributed by atoms with Crippen LogP contribution in [0.1, 0.15) is 6.92 Å². The lowest BCUT2D eigenvalue weighted by atomic mass is 10.3. The molecule has 0 aliphatic carbocycles. The molecule has 0 aliphatic rings. The quantitative estimate of drug-likeness (QED) is 0.671. The van der Waals surface area contributed by atoms with Crippen LogP contribution in [0.15, 0.2) is 35.0 Å². The number of hydrogen-bond donors (Lipinski definition) is 1. The number of aromatic nitrogens is 1. The van der Waals surface area contributed by atoms with Crippen molar-refractivity contribution in [2.24, 2.45) is 0 Å². The molecule has 0 spiro atoms. The van der Waals surface area contributed by atoms with Crippen LogP contribution in [-0.2, 0) is 4.79 Å². The number of aliphatic carboxylic acids is 1. The number of nitrogens with zero attached hydrogens (tertiary/aromatic N) is 1. The lowest BCUT2D eigenvalue weighted by Crippen LogP contribution is -1.78. The molecule has 1 aromatic heterocycles. The molecule has 0 unspecified atom stereocenters.